The van der Waals surface area contributed by atoms with Gasteiger partial charge in [-0.2, -0.15) is 0 Å². The lowest BCUT2D eigenvalue weighted by Crippen LogP contribution is -2.31. The average molecular weight is 318 g/mol. The van der Waals surface area contributed by atoms with E-state index in [0.717, 1.165) is 54.8 Å². The molecule has 2 aromatic heterocycles. The summed E-state index contributed by atoms with van der Waals surface area (Å²) in [5.41, 5.74) is 3.04. The minimum atomic E-state index is 0.333. The van der Waals surface area contributed by atoms with Crippen molar-refractivity contribution in [2.75, 3.05) is 13.2 Å². The topological polar surface area (TPSA) is 51.1 Å². The quantitative estimate of drug-likeness (QED) is 0.820. The first kappa shape index (κ1) is 15.5. The smallest absolute Gasteiger partial charge is 0.107 e. The summed E-state index contributed by atoms with van der Waals surface area (Å²) in [5, 5.41) is 3.25. The predicted molar refractivity (Wildman–Crippen MR) is 86.7 cm³/mol. The van der Waals surface area contributed by atoms with E-state index in [0.29, 0.717) is 6.10 Å². The number of aromatic nitrogens is 3. The van der Waals surface area contributed by atoms with Crippen molar-refractivity contribution in [2.45, 2.75) is 45.9 Å². The second-order valence-corrected chi connectivity index (χ2v) is 6.78. The van der Waals surface area contributed by atoms with Crippen LogP contribution in [0.5, 0.6) is 0 Å². The molecule has 0 radical (unpaired) electrons. The Balaban J connectivity index is 1.68. The Morgan fingerprint density at radius 3 is 2.77 bits per heavy atom. The van der Waals surface area contributed by atoms with Crippen molar-refractivity contribution in [3.8, 4) is 0 Å². The van der Waals surface area contributed by atoms with Crippen LogP contribution in [0.1, 0.15) is 34.9 Å². The van der Waals surface area contributed by atoms with Gasteiger partial charge in [-0.3, -0.25) is 14.9 Å². The van der Waals surface area contributed by atoms with E-state index in [9.17, 15) is 0 Å². The Morgan fingerprint density at radius 2 is 2.14 bits per heavy atom. The first-order chi connectivity index (χ1) is 10.7. The second-order valence-electron chi connectivity index (χ2n) is 5.84. The molecule has 1 aliphatic rings. The van der Waals surface area contributed by atoms with Gasteiger partial charge in [-0.05, 0) is 26.7 Å². The van der Waals surface area contributed by atoms with E-state index >= 15 is 0 Å². The van der Waals surface area contributed by atoms with Gasteiger partial charge < -0.3 is 4.74 Å². The predicted octanol–water partition coefficient (Wildman–Crippen LogP) is 2.73. The standard InChI is InChI=1S/C16H22N4OS/c1-12-6-18-14(7-17-12)8-20(9-15-4-3-5-21-15)10-16-19-13(2)11-22-16/h6-7,11,15H,3-5,8-10H2,1-2H3/t15-/m0/s1. The van der Waals surface area contributed by atoms with Crippen molar-refractivity contribution in [2.24, 2.45) is 0 Å². The van der Waals surface area contributed by atoms with Crippen LogP contribution in [0.2, 0.25) is 0 Å². The van der Waals surface area contributed by atoms with Gasteiger partial charge >= 0.3 is 0 Å². The van der Waals surface area contributed by atoms with Crippen molar-refractivity contribution >= 4 is 11.3 Å². The van der Waals surface area contributed by atoms with Crippen molar-refractivity contribution in [1.29, 1.82) is 0 Å². The normalized spacial score (nSPS) is 18.2. The van der Waals surface area contributed by atoms with E-state index in [4.69, 9.17) is 4.74 Å². The second kappa shape index (κ2) is 7.26. The maximum absolute atomic E-state index is 5.79. The van der Waals surface area contributed by atoms with Crippen LogP contribution in [0.15, 0.2) is 17.8 Å². The summed E-state index contributed by atoms with van der Waals surface area (Å²) in [6, 6.07) is 0. The molecule has 0 N–H and O–H groups in total. The highest BCUT2D eigenvalue weighted by molar-refractivity contribution is 7.09. The van der Waals surface area contributed by atoms with Gasteiger partial charge in [-0.1, -0.05) is 0 Å². The van der Waals surface area contributed by atoms with Gasteiger partial charge in [0.25, 0.3) is 0 Å². The third-order valence-electron chi connectivity index (χ3n) is 3.73. The molecule has 6 heteroatoms. The first-order valence-electron chi connectivity index (χ1n) is 7.71. The van der Waals surface area contributed by atoms with Gasteiger partial charge in [0.05, 0.1) is 24.0 Å². The van der Waals surface area contributed by atoms with Crippen LogP contribution in [0.25, 0.3) is 0 Å². The average Bonchev–Trinajstić information content (AvgIpc) is 3.13. The highest BCUT2D eigenvalue weighted by atomic mass is 32.1. The summed E-state index contributed by atoms with van der Waals surface area (Å²) in [4.78, 5) is 15.8. The zero-order chi connectivity index (χ0) is 15.4. The van der Waals surface area contributed by atoms with Crippen LogP contribution in [0.4, 0.5) is 0 Å². The third-order valence-corrected chi connectivity index (χ3v) is 4.68. The summed E-state index contributed by atoms with van der Waals surface area (Å²) in [6.07, 6.45) is 6.34. The Kier molecular flexibility index (Phi) is 5.12. The van der Waals surface area contributed by atoms with E-state index in [1.807, 2.05) is 26.2 Å². The SMILES string of the molecule is Cc1cnc(CN(Cc2nc(C)cs2)C[C@@H]2CCCO2)cn1. The van der Waals surface area contributed by atoms with E-state index in [-0.39, 0.29) is 0 Å². The van der Waals surface area contributed by atoms with Gasteiger partial charge in [0.2, 0.25) is 0 Å². The van der Waals surface area contributed by atoms with E-state index in [1.54, 1.807) is 11.3 Å². The fourth-order valence-corrected chi connectivity index (χ4v) is 3.47. The summed E-state index contributed by atoms with van der Waals surface area (Å²) in [7, 11) is 0. The molecule has 0 unspecified atom stereocenters. The Morgan fingerprint density at radius 1 is 1.23 bits per heavy atom. The first-order valence-corrected chi connectivity index (χ1v) is 8.59. The molecule has 1 fully saturated rings. The van der Waals surface area contributed by atoms with Crippen LogP contribution in [-0.2, 0) is 17.8 Å². The van der Waals surface area contributed by atoms with E-state index in [1.165, 1.54) is 6.42 Å². The minimum absolute atomic E-state index is 0.333. The zero-order valence-corrected chi connectivity index (χ0v) is 14.0. The number of rotatable bonds is 6. The summed E-state index contributed by atoms with van der Waals surface area (Å²) in [5.74, 6) is 0. The molecule has 0 bridgehead atoms. The largest absolute Gasteiger partial charge is 0.377 e. The molecular weight excluding hydrogens is 296 g/mol. The van der Waals surface area contributed by atoms with E-state index in [2.05, 4.69) is 25.2 Å². The lowest BCUT2D eigenvalue weighted by atomic mass is 10.2. The molecule has 1 aliphatic heterocycles. The Bertz CT molecular complexity index is 592. The Hall–Kier alpha value is -1.37. The summed E-state index contributed by atoms with van der Waals surface area (Å²) in [6.45, 7) is 7.43. The molecule has 1 atom stereocenters. The molecular formula is C16H22N4OS. The van der Waals surface area contributed by atoms with Crippen LogP contribution in [0, 0.1) is 13.8 Å². The number of hydrogen-bond donors (Lipinski definition) is 0. The van der Waals surface area contributed by atoms with Gasteiger partial charge in [-0.15, -0.1) is 11.3 Å². The molecule has 0 spiro atoms. The van der Waals surface area contributed by atoms with Crippen LogP contribution >= 0.6 is 11.3 Å². The van der Waals surface area contributed by atoms with Crippen molar-refractivity contribution < 1.29 is 4.74 Å². The molecule has 2 aromatic rings. The van der Waals surface area contributed by atoms with Gasteiger partial charge in [-0.25, -0.2) is 4.98 Å². The molecule has 0 aliphatic carbocycles. The van der Waals surface area contributed by atoms with Gasteiger partial charge in [0, 0.05) is 43.2 Å². The molecule has 3 heterocycles. The molecule has 118 valence electrons. The molecule has 0 aromatic carbocycles. The number of nitrogens with zero attached hydrogens (tertiary/aromatic N) is 4. The zero-order valence-electron chi connectivity index (χ0n) is 13.2. The molecule has 0 saturated carbocycles. The lowest BCUT2D eigenvalue weighted by molar-refractivity contribution is 0.0674. The number of aryl methyl sites for hydroxylation is 2. The number of thiazole rings is 1. The van der Waals surface area contributed by atoms with Gasteiger partial charge in [0.15, 0.2) is 0 Å². The van der Waals surface area contributed by atoms with Crippen molar-refractivity contribution in [1.82, 2.24) is 19.9 Å². The lowest BCUT2D eigenvalue weighted by Gasteiger charge is -2.23. The maximum atomic E-state index is 5.79. The summed E-state index contributed by atoms with van der Waals surface area (Å²) < 4.78 is 5.79. The maximum Gasteiger partial charge on any atom is 0.107 e. The van der Waals surface area contributed by atoms with Crippen molar-refractivity contribution in [3.05, 3.63) is 39.9 Å². The van der Waals surface area contributed by atoms with Crippen LogP contribution in [-0.4, -0.2) is 39.1 Å². The highest BCUT2D eigenvalue weighted by Gasteiger charge is 2.20. The Labute approximate surface area is 135 Å². The van der Waals surface area contributed by atoms with Crippen LogP contribution < -0.4 is 0 Å². The van der Waals surface area contributed by atoms with Crippen LogP contribution in [0.3, 0.4) is 0 Å². The third kappa shape index (κ3) is 4.32. The summed E-state index contributed by atoms with van der Waals surface area (Å²) >= 11 is 1.72. The minimum Gasteiger partial charge on any atom is -0.377 e. The molecule has 22 heavy (non-hydrogen) atoms. The van der Waals surface area contributed by atoms with Crippen molar-refractivity contribution in [3.63, 3.8) is 0 Å². The van der Waals surface area contributed by atoms with Gasteiger partial charge in [0.1, 0.15) is 5.01 Å². The fraction of sp³-hybridized carbons (Fsp3) is 0.562. The molecule has 5 nitrogen and oxygen atoms in total. The van der Waals surface area contributed by atoms with E-state index < -0.39 is 0 Å². The molecule has 3 rings (SSSR count). The number of hydrogen-bond acceptors (Lipinski definition) is 6. The molecule has 1 saturated heterocycles. The highest BCUT2D eigenvalue weighted by Crippen LogP contribution is 2.18. The monoisotopic (exact) mass is 318 g/mol. The fourth-order valence-electron chi connectivity index (χ4n) is 2.66. The number of ether oxygens (including phenoxy) is 1. The molecule has 0 amide bonds.